The van der Waals surface area contributed by atoms with E-state index >= 15 is 0 Å². The fourth-order valence-electron chi connectivity index (χ4n) is 1.96. The summed E-state index contributed by atoms with van der Waals surface area (Å²) in [5.74, 6) is -0.779. The maximum absolute atomic E-state index is 11.7. The highest BCUT2D eigenvalue weighted by molar-refractivity contribution is 5.76. The predicted molar refractivity (Wildman–Crippen MR) is 73.7 cm³/mol. The molecule has 4 heteroatoms. The minimum Gasteiger partial charge on any atom is -0.481 e. The molecule has 1 atom stereocenters. The fourth-order valence-corrected chi connectivity index (χ4v) is 1.96. The van der Waals surface area contributed by atoms with Gasteiger partial charge in [0.1, 0.15) is 0 Å². The zero-order valence-corrected chi connectivity index (χ0v) is 11.3. The van der Waals surface area contributed by atoms with E-state index in [4.69, 9.17) is 5.11 Å². The van der Waals surface area contributed by atoms with E-state index in [1.54, 1.807) is 0 Å². The molecule has 0 bridgehead atoms. The molecule has 0 saturated heterocycles. The van der Waals surface area contributed by atoms with Gasteiger partial charge in [-0.15, -0.1) is 0 Å². The number of hydrogen-bond donors (Lipinski definition) is 2. The molecule has 0 aliphatic heterocycles. The Balaban J connectivity index is 2.62. The van der Waals surface area contributed by atoms with E-state index in [1.165, 1.54) is 0 Å². The molecule has 1 unspecified atom stereocenters. The van der Waals surface area contributed by atoms with Gasteiger partial charge in [-0.1, -0.05) is 37.3 Å². The molecule has 1 aromatic rings. The van der Waals surface area contributed by atoms with Crippen LogP contribution in [0.15, 0.2) is 30.3 Å². The van der Waals surface area contributed by atoms with Crippen molar-refractivity contribution in [3.05, 3.63) is 35.9 Å². The van der Waals surface area contributed by atoms with Crippen molar-refractivity contribution in [2.24, 2.45) is 0 Å². The van der Waals surface area contributed by atoms with Crippen LogP contribution in [-0.2, 0) is 9.59 Å². The van der Waals surface area contributed by atoms with Crippen LogP contribution in [0, 0.1) is 0 Å². The molecular formula is C15H21NO3. The molecule has 1 rings (SSSR count). The number of aliphatic carboxylic acids is 1. The number of amides is 1. The zero-order valence-electron chi connectivity index (χ0n) is 11.3. The first-order chi connectivity index (χ1) is 9.13. The summed E-state index contributed by atoms with van der Waals surface area (Å²) in [6.07, 6.45) is 2.64. The normalized spacial score (nSPS) is 11.8. The molecule has 104 valence electrons. The number of carbonyl (C=O) groups excluding carboxylic acids is 1. The van der Waals surface area contributed by atoms with E-state index in [0.29, 0.717) is 19.3 Å². The van der Waals surface area contributed by atoms with Gasteiger partial charge >= 0.3 is 5.97 Å². The van der Waals surface area contributed by atoms with E-state index < -0.39 is 5.97 Å². The number of benzene rings is 1. The monoisotopic (exact) mass is 263 g/mol. The lowest BCUT2D eigenvalue weighted by Gasteiger charge is -2.19. The molecule has 1 amide bonds. The lowest BCUT2D eigenvalue weighted by molar-refractivity contribution is -0.137. The number of carboxylic acids is 1. The molecule has 0 radical (unpaired) electrons. The Labute approximate surface area is 113 Å². The first kappa shape index (κ1) is 15.2. The smallest absolute Gasteiger partial charge is 0.303 e. The van der Waals surface area contributed by atoms with Gasteiger partial charge in [0.25, 0.3) is 0 Å². The second-order valence-corrected chi connectivity index (χ2v) is 4.57. The summed E-state index contributed by atoms with van der Waals surface area (Å²) in [7, 11) is 0. The van der Waals surface area contributed by atoms with Gasteiger partial charge in [-0.2, -0.15) is 0 Å². The number of hydrogen-bond acceptors (Lipinski definition) is 2. The number of carbonyl (C=O) groups is 2. The standard InChI is InChI=1S/C15H21NO3/c1-2-7-14(17)16-13(10-6-11-15(18)19)12-8-4-3-5-9-12/h3-5,8-9,13H,2,6-7,10-11H2,1H3,(H,16,17)(H,18,19). The van der Waals surface area contributed by atoms with Gasteiger partial charge in [-0.3, -0.25) is 9.59 Å². The van der Waals surface area contributed by atoms with Crippen LogP contribution in [0.3, 0.4) is 0 Å². The second-order valence-electron chi connectivity index (χ2n) is 4.57. The second kappa shape index (κ2) is 8.29. The molecular weight excluding hydrogens is 242 g/mol. The van der Waals surface area contributed by atoms with E-state index in [-0.39, 0.29) is 18.4 Å². The molecule has 19 heavy (non-hydrogen) atoms. The van der Waals surface area contributed by atoms with Crippen molar-refractivity contribution in [2.75, 3.05) is 0 Å². The number of rotatable bonds is 8. The Bertz CT molecular complexity index is 403. The van der Waals surface area contributed by atoms with Gasteiger partial charge < -0.3 is 10.4 Å². The van der Waals surface area contributed by atoms with Crippen molar-refractivity contribution in [3.8, 4) is 0 Å². The molecule has 0 saturated carbocycles. The maximum Gasteiger partial charge on any atom is 0.303 e. The van der Waals surface area contributed by atoms with Crippen molar-refractivity contribution in [2.45, 2.75) is 45.1 Å². The third kappa shape index (κ3) is 6.04. The Morgan fingerprint density at radius 1 is 1.21 bits per heavy atom. The van der Waals surface area contributed by atoms with Crippen LogP contribution in [0.5, 0.6) is 0 Å². The molecule has 1 aromatic carbocycles. The lowest BCUT2D eigenvalue weighted by atomic mass is 10.0. The highest BCUT2D eigenvalue weighted by Gasteiger charge is 2.14. The molecule has 4 nitrogen and oxygen atoms in total. The van der Waals surface area contributed by atoms with Crippen molar-refractivity contribution in [1.82, 2.24) is 5.32 Å². The SMILES string of the molecule is CCCC(=O)NC(CCCC(=O)O)c1ccccc1. The molecule has 0 aliphatic rings. The average molecular weight is 263 g/mol. The van der Waals surface area contributed by atoms with Gasteiger partial charge in [-0.05, 0) is 24.8 Å². The van der Waals surface area contributed by atoms with E-state index in [1.807, 2.05) is 37.3 Å². The van der Waals surface area contributed by atoms with Crippen LogP contribution < -0.4 is 5.32 Å². The average Bonchev–Trinajstić information content (AvgIpc) is 2.38. The molecule has 0 fully saturated rings. The summed E-state index contributed by atoms with van der Waals surface area (Å²) in [5.41, 5.74) is 1.03. The van der Waals surface area contributed by atoms with Gasteiger partial charge in [0, 0.05) is 12.8 Å². The van der Waals surface area contributed by atoms with Crippen LogP contribution >= 0.6 is 0 Å². The molecule has 0 aliphatic carbocycles. The van der Waals surface area contributed by atoms with Crippen LogP contribution in [0.1, 0.15) is 50.6 Å². The largest absolute Gasteiger partial charge is 0.481 e. The number of carboxylic acid groups (broad SMARTS) is 1. The third-order valence-corrected chi connectivity index (χ3v) is 2.90. The topological polar surface area (TPSA) is 66.4 Å². The summed E-state index contributed by atoms with van der Waals surface area (Å²) in [6.45, 7) is 1.96. The quantitative estimate of drug-likeness (QED) is 0.758. The maximum atomic E-state index is 11.7. The first-order valence-electron chi connectivity index (χ1n) is 6.69. The highest BCUT2D eigenvalue weighted by atomic mass is 16.4. The fraction of sp³-hybridized carbons (Fsp3) is 0.467. The zero-order chi connectivity index (χ0) is 14.1. The van der Waals surface area contributed by atoms with Crippen LogP contribution in [0.25, 0.3) is 0 Å². The summed E-state index contributed by atoms with van der Waals surface area (Å²) in [5, 5.41) is 11.7. The molecule has 0 heterocycles. The predicted octanol–water partition coefficient (Wildman–Crippen LogP) is 2.90. The van der Waals surface area contributed by atoms with Crippen LogP contribution in [-0.4, -0.2) is 17.0 Å². The summed E-state index contributed by atoms with van der Waals surface area (Å²) in [4.78, 5) is 22.3. The Hall–Kier alpha value is -1.84. The molecule has 0 aromatic heterocycles. The third-order valence-electron chi connectivity index (χ3n) is 2.90. The summed E-state index contributed by atoms with van der Waals surface area (Å²) < 4.78 is 0. The van der Waals surface area contributed by atoms with Crippen molar-refractivity contribution in [1.29, 1.82) is 0 Å². The number of nitrogens with one attached hydrogen (secondary N) is 1. The first-order valence-corrected chi connectivity index (χ1v) is 6.69. The van der Waals surface area contributed by atoms with Gasteiger partial charge in [-0.25, -0.2) is 0 Å². The van der Waals surface area contributed by atoms with E-state index in [0.717, 1.165) is 12.0 Å². The van der Waals surface area contributed by atoms with Crippen molar-refractivity contribution in [3.63, 3.8) is 0 Å². The van der Waals surface area contributed by atoms with Gasteiger partial charge in [0.05, 0.1) is 6.04 Å². The minimum absolute atomic E-state index is 0.0201. The Kier molecular flexibility index (Phi) is 6.64. The van der Waals surface area contributed by atoms with Gasteiger partial charge in [0.15, 0.2) is 0 Å². The van der Waals surface area contributed by atoms with E-state index in [9.17, 15) is 9.59 Å². The summed E-state index contributed by atoms with van der Waals surface area (Å²) in [6, 6.07) is 9.58. The highest BCUT2D eigenvalue weighted by Crippen LogP contribution is 2.19. The van der Waals surface area contributed by atoms with Crippen molar-refractivity contribution < 1.29 is 14.7 Å². The minimum atomic E-state index is -0.799. The Morgan fingerprint density at radius 3 is 2.47 bits per heavy atom. The summed E-state index contributed by atoms with van der Waals surface area (Å²) >= 11 is 0. The van der Waals surface area contributed by atoms with Crippen molar-refractivity contribution >= 4 is 11.9 Å². The lowest BCUT2D eigenvalue weighted by Crippen LogP contribution is -2.28. The van der Waals surface area contributed by atoms with Crippen LogP contribution in [0.2, 0.25) is 0 Å². The van der Waals surface area contributed by atoms with Crippen LogP contribution in [0.4, 0.5) is 0 Å². The van der Waals surface area contributed by atoms with E-state index in [2.05, 4.69) is 5.32 Å². The van der Waals surface area contributed by atoms with Gasteiger partial charge in [0.2, 0.25) is 5.91 Å². The molecule has 0 spiro atoms. The molecule has 2 N–H and O–H groups in total. The Morgan fingerprint density at radius 2 is 1.89 bits per heavy atom.